The maximum absolute atomic E-state index is 11.1. The molecule has 3 nitrogen and oxygen atoms in total. The molecule has 4 heteroatoms. The molecule has 76 valence electrons. The lowest BCUT2D eigenvalue weighted by Gasteiger charge is -2.30. The summed E-state index contributed by atoms with van der Waals surface area (Å²) in [5, 5.41) is 3.02. The smallest absolute Gasteiger partial charge is 0.279 e. The van der Waals surface area contributed by atoms with E-state index in [-0.39, 0.29) is 17.4 Å². The van der Waals surface area contributed by atoms with Crippen LogP contribution in [0.25, 0.3) is 0 Å². The van der Waals surface area contributed by atoms with E-state index in [0.29, 0.717) is 0 Å². The Hall–Kier alpha value is -0.220. The molecule has 1 amide bonds. The monoisotopic (exact) mass is 203 g/mol. The zero-order valence-electron chi connectivity index (χ0n) is 8.21. The van der Waals surface area contributed by atoms with Gasteiger partial charge in [0.05, 0.1) is 12.1 Å². The van der Waals surface area contributed by atoms with Crippen LogP contribution in [0.3, 0.4) is 0 Å². The number of carbonyl (C=O) groups excluding carboxylic acids is 1. The van der Waals surface area contributed by atoms with Crippen LogP contribution in [-0.4, -0.2) is 30.8 Å². The number of thioether (sulfide) groups is 1. The molecule has 1 N–H and O–H groups in total. The van der Waals surface area contributed by atoms with Crippen molar-refractivity contribution in [2.24, 2.45) is 0 Å². The fourth-order valence-corrected chi connectivity index (χ4v) is 2.02. The van der Waals surface area contributed by atoms with Gasteiger partial charge in [-0.05, 0) is 19.1 Å². The highest BCUT2D eigenvalue weighted by atomic mass is 32.2. The van der Waals surface area contributed by atoms with Gasteiger partial charge in [-0.2, -0.15) is 0 Å². The fraction of sp³-hybridized carbons (Fsp3) is 0.889. The van der Waals surface area contributed by atoms with Crippen molar-refractivity contribution in [3.05, 3.63) is 0 Å². The van der Waals surface area contributed by atoms with Crippen LogP contribution in [0.4, 0.5) is 4.79 Å². The Morgan fingerprint density at radius 2 is 2.15 bits per heavy atom. The Bertz CT molecular complexity index is 175. The van der Waals surface area contributed by atoms with Gasteiger partial charge in [0.25, 0.3) is 5.24 Å². The molecule has 0 aromatic rings. The second-order valence-corrected chi connectivity index (χ2v) is 4.08. The third kappa shape index (κ3) is 3.19. The largest absolute Gasteiger partial charge is 0.379 e. The number of hydrogen-bond donors (Lipinski definition) is 1. The summed E-state index contributed by atoms with van der Waals surface area (Å²) in [6.07, 6.45) is 6.52. The predicted octanol–water partition coefficient (Wildman–Crippen LogP) is 2.02. The van der Waals surface area contributed by atoms with Crippen LogP contribution in [0.15, 0.2) is 0 Å². The lowest BCUT2D eigenvalue weighted by molar-refractivity contribution is 0.0465. The van der Waals surface area contributed by atoms with Crippen LogP contribution in [0, 0.1) is 0 Å². The molecule has 1 fully saturated rings. The van der Waals surface area contributed by atoms with E-state index in [1.165, 1.54) is 24.6 Å². The van der Waals surface area contributed by atoms with Crippen molar-refractivity contribution in [1.82, 2.24) is 5.32 Å². The summed E-state index contributed by atoms with van der Waals surface area (Å²) in [4.78, 5) is 11.1. The molecule has 1 aliphatic carbocycles. The zero-order chi connectivity index (χ0) is 9.68. The minimum atomic E-state index is 0.0500. The topological polar surface area (TPSA) is 38.3 Å². The van der Waals surface area contributed by atoms with Crippen molar-refractivity contribution >= 4 is 17.0 Å². The number of hydrogen-bond acceptors (Lipinski definition) is 3. The molecular weight excluding hydrogens is 186 g/mol. The Morgan fingerprint density at radius 3 is 2.77 bits per heavy atom. The normalized spacial score (nSPS) is 28.5. The van der Waals surface area contributed by atoms with Gasteiger partial charge < -0.3 is 10.1 Å². The summed E-state index contributed by atoms with van der Waals surface area (Å²) in [6, 6.07) is 0.221. The highest BCUT2D eigenvalue weighted by Crippen LogP contribution is 2.21. The van der Waals surface area contributed by atoms with Crippen molar-refractivity contribution in [2.45, 2.75) is 37.8 Å². The van der Waals surface area contributed by atoms with Crippen molar-refractivity contribution in [3.8, 4) is 0 Å². The van der Waals surface area contributed by atoms with Gasteiger partial charge in [-0.1, -0.05) is 24.6 Å². The lowest BCUT2D eigenvalue weighted by Crippen LogP contribution is -2.44. The molecule has 0 unspecified atom stereocenters. The third-order valence-corrected chi connectivity index (χ3v) is 2.98. The van der Waals surface area contributed by atoms with Crippen molar-refractivity contribution < 1.29 is 9.53 Å². The van der Waals surface area contributed by atoms with E-state index in [9.17, 15) is 4.79 Å². The second-order valence-electron chi connectivity index (χ2n) is 3.30. The molecule has 1 rings (SSSR count). The average molecular weight is 203 g/mol. The van der Waals surface area contributed by atoms with Gasteiger partial charge in [0.2, 0.25) is 0 Å². The maximum atomic E-state index is 11.1. The van der Waals surface area contributed by atoms with Gasteiger partial charge in [0.1, 0.15) is 0 Å². The van der Waals surface area contributed by atoms with Gasteiger partial charge in [0.15, 0.2) is 0 Å². The number of carbonyl (C=O) groups is 1. The SMILES string of the molecule is CO[C@@H]1CCCC[C@H]1NC(=O)SC. The molecule has 1 saturated carbocycles. The summed E-state index contributed by atoms with van der Waals surface area (Å²) in [6.45, 7) is 0. The van der Waals surface area contributed by atoms with Gasteiger partial charge in [0, 0.05) is 7.11 Å². The molecule has 0 bridgehead atoms. The average Bonchev–Trinajstić information content (AvgIpc) is 2.18. The predicted molar refractivity (Wildman–Crippen MR) is 55.1 cm³/mol. The summed E-state index contributed by atoms with van der Waals surface area (Å²) in [7, 11) is 1.72. The first-order chi connectivity index (χ1) is 6.27. The molecule has 2 atom stereocenters. The third-order valence-electron chi connectivity index (χ3n) is 2.49. The standard InChI is InChI=1S/C9H17NO2S/c1-12-8-6-4-3-5-7(8)10-9(11)13-2/h7-8H,3-6H2,1-2H3,(H,10,11)/t7-,8-/m1/s1. The Labute approximate surface area is 83.6 Å². The van der Waals surface area contributed by atoms with E-state index < -0.39 is 0 Å². The first-order valence-electron chi connectivity index (χ1n) is 4.65. The number of methoxy groups -OCH3 is 1. The Balaban J connectivity index is 2.40. The minimum absolute atomic E-state index is 0.0500. The van der Waals surface area contributed by atoms with Gasteiger partial charge >= 0.3 is 0 Å². The highest BCUT2D eigenvalue weighted by molar-refractivity contribution is 8.12. The van der Waals surface area contributed by atoms with Crippen molar-refractivity contribution in [2.75, 3.05) is 13.4 Å². The summed E-state index contributed by atoms with van der Waals surface area (Å²) < 4.78 is 5.33. The fourth-order valence-electron chi connectivity index (χ4n) is 1.75. The zero-order valence-corrected chi connectivity index (χ0v) is 9.02. The Kier molecular flexibility index (Phi) is 4.59. The number of nitrogens with one attached hydrogen (secondary N) is 1. The molecule has 13 heavy (non-hydrogen) atoms. The summed E-state index contributed by atoms with van der Waals surface area (Å²) >= 11 is 1.23. The van der Waals surface area contributed by atoms with Crippen LogP contribution in [0.2, 0.25) is 0 Å². The highest BCUT2D eigenvalue weighted by Gasteiger charge is 2.25. The first-order valence-corrected chi connectivity index (χ1v) is 5.87. The number of ether oxygens (including phenoxy) is 1. The number of rotatable bonds is 2. The van der Waals surface area contributed by atoms with Crippen LogP contribution >= 0.6 is 11.8 Å². The molecular formula is C9H17NO2S. The van der Waals surface area contributed by atoms with E-state index in [1.54, 1.807) is 13.4 Å². The second kappa shape index (κ2) is 5.50. The molecule has 0 radical (unpaired) electrons. The molecule has 0 heterocycles. The maximum Gasteiger partial charge on any atom is 0.279 e. The molecule has 0 spiro atoms. The van der Waals surface area contributed by atoms with Crippen LogP contribution in [-0.2, 0) is 4.74 Å². The molecule has 1 aliphatic rings. The van der Waals surface area contributed by atoms with Crippen LogP contribution < -0.4 is 5.32 Å². The first kappa shape index (κ1) is 10.9. The van der Waals surface area contributed by atoms with Gasteiger partial charge in [-0.25, -0.2) is 0 Å². The van der Waals surface area contributed by atoms with E-state index in [0.717, 1.165) is 12.8 Å². The van der Waals surface area contributed by atoms with Gasteiger partial charge in [-0.3, -0.25) is 4.79 Å². The van der Waals surface area contributed by atoms with Crippen molar-refractivity contribution in [1.29, 1.82) is 0 Å². The molecule has 0 aromatic heterocycles. The lowest BCUT2D eigenvalue weighted by atomic mass is 9.93. The van der Waals surface area contributed by atoms with E-state index in [1.807, 2.05) is 0 Å². The molecule has 0 saturated heterocycles. The molecule has 0 aromatic carbocycles. The van der Waals surface area contributed by atoms with Crippen molar-refractivity contribution in [3.63, 3.8) is 0 Å². The van der Waals surface area contributed by atoms with E-state index in [4.69, 9.17) is 4.74 Å². The quantitative estimate of drug-likeness (QED) is 0.746. The van der Waals surface area contributed by atoms with E-state index >= 15 is 0 Å². The minimum Gasteiger partial charge on any atom is -0.379 e. The summed E-state index contributed by atoms with van der Waals surface area (Å²) in [5.41, 5.74) is 0. The Morgan fingerprint density at radius 1 is 1.46 bits per heavy atom. The van der Waals surface area contributed by atoms with E-state index in [2.05, 4.69) is 5.32 Å². The van der Waals surface area contributed by atoms with Crippen LogP contribution in [0.5, 0.6) is 0 Å². The number of amides is 1. The van der Waals surface area contributed by atoms with Crippen LogP contribution in [0.1, 0.15) is 25.7 Å². The molecule has 0 aliphatic heterocycles. The van der Waals surface area contributed by atoms with Gasteiger partial charge in [-0.15, -0.1) is 0 Å². The summed E-state index contributed by atoms with van der Waals surface area (Å²) in [5.74, 6) is 0.